The number of aromatic nitrogens is 2. The van der Waals surface area contributed by atoms with Gasteiger partial charge in [0.1, 0.15) is 11.4 Å². The van der Waals surface area contributed by atoms with Crippen molar-refractivity contribution < 1.29 is 9.53 Å². The quantitative estimate of drug-likeness (QED) is 0.770. The number of nitriles is 1. The molecule has 1 rings (SSSR count). The van der Waals surface area contributed by atoms with Crippen molar-refractivity contribution in [1.82, 2.24) is 9.78 Å². The van der Waals surface area contributed by atoms with Crippen molar-refractivity contribution in [2.75, 3.05) is 31.3 Å². The van der Waals surface area contributed by atoms with Crippen LogP contribution in [0, 0.1) is 11.3 Å². The predicted octanol–water partition coefficient (Wildman–Crippen LogP) is 0.622. The van der Waals surface area contributed by atoms with Crippen molar-refractivity contribution in [2.45, 2.75) is 19.9 Å². The van der Waals surface area contributed by atoms with Crippen molar-refractivity contribution in [3.05, 3.63) is 5.56 Å². The van der Waals surface area contributed by atoms with Gasteiger partial charge in [0.15, 0.2) is 5.82 Å². The molecular weight excluding hydrogens is 234 g/mol. The second-order valence-electron chi connectivity index (χ2n) is 3.72. The maximum absolute atomic E-state index is 11.7. The fraction of sp³-hybridized carbons (Fsp3) is 0.545. The SMILES string of the molecule is CCN(C)c1nn(CCC#N)c(N)c1C(=O)OC. The Morgan fingerprint density at radius 1 is 1.67 bits per heavy atom. The van der Waals surface area contributed by atoms with E-state index in [1.165, 1.54) is 11.8 Å². The number of nitrogens with two attached hydrogens (primary N) is 1. The van der Waals surface area contributed by atoms with Crippen molar-refractivity contribution in [3.8, 4) is 6.07 Å². The Morgan fingerprint density at radius 2 is 2.33 bits per heavy atom. The number of nitrogen functional groups attached to an aromatic ring is 1. The summed E-state index contributed by atoms with van der Waals surface area (Å²) in [6.07, 6.45) is 0.280. The molecule has 0 aliphatic heterocycles. The van der Waals surface area contributed by atoms with Crippen LogP contribution in [0.25, 0.3) is 0 Å². The normalized spacial score (nSPS) is 9.89. The van der Waals surface area contributed by atoms with Crippen molar-refractivity contribution in [2.24, 2.45) is 0 Å². The fourth-order valence-corrected chi connectivity index (χ4v) is 1.50. The zero-order valence-electron chi connectivity index (χ0n) is 10.8. The fourth-order valence-electron chi connectivity index (χ4n) is 1.50. The highest BCUT2D eigenvalue weighted by Crippen LogP contribution is 2.25. The number of hydrogen-bond acceptors (Lipinski definition) is 6. The van der Waals surface area contributed by atoms with Crippen LogP contribution in [0.15, 0.2) is 0 Å². The van der Waals surface area contributed by atoms with Crippen LogP contribution in [0.1, 0.15) is 23.7 Å². The molecule has 0 radical (unpaired) electrons. The van der Waals surface area contributed by atoms with Crippen LogP contribution in [0.3, 0.4) is 0 Å². The first-order chi connectivity index (χ1) is 8.56. The number of aryl methyl sites for hydroxylation is 1. The predicted molar refractivity (Wildman–Crippen MR) is 67.2 cm³/mol. The van der Waals surface area contributed by atoms with Gasteiger partial charge in [-0.1, -0.05) is 0 Å². The zero-order valence-corrected chi connectivity index (χ0v) is 10.8. The summed E-state index contributed by atoms with van der Waals surface area (Å²) in [6.45, 7) is 2.97. The monoisotopic (exact) mass is 251 g/mol. The lowest BCUT2D eigenvalue weighted by atomic mass is 10.3. The standard InChI is InChI=1S/C11H17N5O2/c1-4-15(2)10-8(11(17)18-3)9(13)16(14-10)7-5-6-12/h4-5,7,13H2,1-3H3. The van der Waals surface area contributed by atoms with Gasteiger partial charge in [-0.25, -0.2) is 9.48 Å². The molecule has 1 aromatic rings. The molecule has 0 saturated heterocycles. The molecule has 1 heterocycles. The van der Waals surface area contributed by atoms with E-state index >= 15 is 0 Å². The van der Waals surface area contributed by atoms with Crippen LogP contribution in [-0.2, 0) is 11.3 Å². The summed E-state index contributed by atoms with van der Waals surface area (Å²) in [4.78, 5) is 13.5. The third-order valence-electron chi connectivity index (χ3n) is 2.63. The average molecular weight is 251 g/mol. The number of anilines is 2. The number of methoxy groups -OCH3 is 1. The molecule has 98 valence electrons. The third-order valence-corrected chi connectivity index (χ3v) is 2.63. The largest absolute Gasteiger partial charge is 0.465 e. The Balaban J connectivity index is 3.23. The molecule has 0 aliphatic carbocycles. The van der Waals surface area contributed by atoms with Crippen LogP contribution in [0.2, 0.25) is 0 Å². The number of carbonyl (C=O) groups excluding carboxylic acids is 1. The second kappa shape index (κ2) is 5.91. The third kappa shape index (κ3) is 2.53. The molecular formula is C11H17N5O2. The van der Waals surface area contributed by atoms with Crippen LogP contribution in [0.4, 0.5) is 11.6 Å². The van der Waals surface area contributed by atoms with Gasteiger partial charge in [-0.3, -0.25) is 0 Å². The molecule has 7 heteroatoms. The first-order valence-corrected chi connectivity index (χ1v) is 5.59. The first kappa shape index (κ1) is 13.8. The van der Waals surface area contributed by atoms with E-state index in [9.17, 15) is 4.79 Å². The number of nitrogens with zero attached hydrogens (tertiary/aromatic N) is 4. The Kier molecular flexibility index (Phi) is 4.54. The Bertz CT molecular complexity index is 475. The lowest BCUT2D eigenvalue weighted by molar-refractivity contribution is 0.0602. The molecule has 7 nitrogen and oxygen atoms in total. The van der Waals surface area contributed by atoms with Gasteiger partial charge >= 0.3 is 5.97 Å². The maximum Gasteiger partial charge on any atom is 0.345 e. The van der Waals surface area contributed by atoms with E-state index in [0.717, 1.165) is 0 Å². The second-order valence-corrected chi connectivity index (χ2v) is 3.72. The van der Waals surface area contributed by atoms with Gasteiger partial charge in [0.05, 0.1) is 26.1 Å². The summed E-state index contributed by atoms with van der Waals surface area (Å²) in [5.74, 6) is 0.179. The first-order valence-electron chi connectivity index (χ1n) is 5.59. The molecule has 0 amide bonds. The average Bonchev–Trinajstić information content (AvgIpc) is 2.71. The van der Waals surface area contributed by atoms with Gasteiger partial charge in [0.2, 0.25) is 0 Å². The van der Waals surface area contributed by atoms with E-state index in [0.29, 0.717) is 18.9 Å². The van der Waals surface area contributed by atoms with Crippen molar-refractivity contribution >= 4 is 17.6 Å². The summed E-state index contributed by atoms with van der Waals surface area (Å²) in [5.41, 5.74) is 6.13. The minimum atomic E-state index is -0.522. The van der Waals surface area contributed by atoms with Crippen LogP contribution >= 0.6 is 0 Å². The number of rotatable bonds is 5. The molecule has 1 aromatic heterocycles. The highest BCUT2D eigenvalue weighted by molar-refractivity contribution is 5.99. The van der Waals surface area contributed by atoms with E-state index in [1.807, 2.05) is 20.0 Å². The molecule has 0 spiro atoms. The number of esters is 1. The van der Waals surface area contributed by atoms with E-state index < -0.39 is 5.97 Å². The van der Waals surface area contributed by atoms with Gasteiger partial charge in [-0.2, -0.15) is 10.4 Å². The molecule has 2 N–H and O–H groups in total. The summed E-state index contributed by atoms with van der Waals surface area (Å²) >= 11 is 0. The van der Waals surface area contributed by atoms with Crippen LogP contribution in [-0.4, -0.2) is 36.5 Å². The zero-order chi connectivity index (χ0) is 13.7. The molecule has 0 unspecified atom stereocenters. The summed E-state index contributed by atoms with van der Waals surface area (Å²) in [5, 5.41) is 12.8. The van der Waals surface area contributed by atoms with E-state index in [1.54, 1.807) is 4.90 Å². The Hall–Kier alpha value is -2.23. The van der Waals surface area contributed by atoms with Gasteiger partial charge in [-0.05, 0) is 6.92 Å². The number of ether oxygens (including phenoxy) is 1. The van der Waals surface area contributed by atoms with Gasteiger partial charge in [0, 0.05) is 13.6 Å². The lowest BCUT2D eigenvalue weighted by Gasteiger charge is -2.14. The van der Waals surface area contributed by atoms with Crippen molar-refractivity contribution in [1.29, 1.82) is 5.26 Å². The van der Waals surface area contributed by atoms with Gasteiger partial charge in [0.25, 0.3) is 0 Å². The number of hydrogen-bond donors (Lipinski definition) is 1. The van der Waals surface area contributed by atoms with E-state index in [2.05, 4.69) is 5.10 Å². The molecule has 0 saturated carbocycles. The number of carbonyl (C=O) groups is 1. The molecule has 0 fully saturated rings. The molecule has 0 aliphatic rings. The maximum atomic E-state index is 11.7. The minimum absolute atomic E-state index is 0.229. The molecule has 0 atom stereocenters. The smallest absolute Gasteiger partial charge is 0.345 e. The molecule has 0 aromatic carbocycles. The van der Waals surface area contributed by atoms with E-state index in [-0.39, 0.29) is 17.8 Å². The summed E-state index contributed by atoms with van der Waals surface area (Å²) < 4.78 is 6.16. The molecule has 18 heavy (non-hydrogen) atoms. The Morgan fingerprint density at radius 3 is 2.83 bits per heavy atom. The highest BCUT2D eigenvalue weighted by atomic mass is 16.5. The van der Waals surface area contributed by atoms with Crippen LogP contribution in [0.5, 0.6) is 0 Å². The highest BCUT2D eigenvalue weighted by Gasteiger charge is 2.24. The van der Waals surface area contributed by atoms with Gasteiger partial charge < -0.3 is 15.4 Å². The van der Waals surface area contributed by atoms with Gasteiger partial charge in [-0.15, -0.1) is 0 Å². The van der Waals surface area contributed by atoms with E-state index in [4.69, 9.17) is 15.7 Å². The summed E-state index contributed by atoms with van der Waals surface area (Å²) in [7, 11) is 3.10. The summed E-state index contributed by atoms with van der Waals surface area (Å²) in [6, 6.07) is 2.01. The Labute approximate surface area is 106 Å². The van der Waals surface area contributed by atoms with Crippen LogP contribution < -0.4 is 10.6 Å². The topological polar surface area (TPSA) is 97.2 Å². The molecule has 0 bridgehead atoms. The van der Waals surface area contributed by atoms with Crippen molar-refractivity contribution in [3.63, 3.8) is 0 Å². The lowest BCUT2D eigenvalue weighted by Crippen LogP contribution is -2.19. The minimum Gasteiger partial charge on any atom is -0.465 e.